The minimum absolute atomic E-state index is 0.0852. The second kappa shape index (κ2) is 6.52. The molecule has 3 N–H and O–H groups in total. The zero-order valence-electron chi connectivity index (χ0n) is 12.3. The van der Waals surface area contributed by atoms with Crippen molar-refractivity contribution in [1.82, 2.24) is 5.32 Å². The Bertz CT molecular complexity index is 469. The van der Waals surface area contributed by atoms with Crippen molar-refractivity contribution >= 4 is 11.9 Å². The van der Waals surface area contributed by atoms with E-state index in [1.807, 2.05) is 32.0 Å². The van der Waals surface area contributed by atoms with Crippen LogP contribution in [0.1, 0.15) is 26.3 Å². The first-order valence-corrected chi connectivity index (χ1v) is 6.54. The molecule has 0 radical (unpaired) electrons. The van der Waals surface area contributed by atoms with Crippen LogP contribution in [0.5, 0.6) is 0 Å². The molecule has 20 heavy (non-hydrogen) atoms. The van der Waals surface area contributed by atoms with Gasteiger partial charge in [-0.3, -0.25) is 4.79 Å². The van der Waals surface area contributed by atoms with Gasteiger partial charge in [0.15, 0.2) is 0 Å². The number of nitrogens with one attached hydrogen (secondary N) is 1. The van der Waals surface area contributed by atoms with Crippen LogP contribution in [0.2, 0.25) is 0 Å². The molecule has 0 bridgehead atoms. The maximum atomic E-state index is 12.4. The van der Waals surface area contributed by atoms with Gasteiger partial charge in [-0.05, 0) is 18.4 Å². The van der Waals surface area contributed by atoms with Crippen molar-refractivity contribution in [3.05, 3.63) is 35.9 Å². The minimum atomic E-state index is -1.21. The largest absolute Gasteiger partial charge is 0.467 e. The molecule has 2 atom stereocenters. The van der Waals surface area contributed by atoms with E-state index in [9.17, 15) is 9.59 Å². The lowest BCUT2D eigenvalue weighted by Gasteiger charge is -2.28. The number of rotatable bonds is 5. The van der Waals surface area contributed by atoms with E-state index in [-0.39, 0.29) is 5.92 Å². The molecule has 0 spiro atoms. The number of esters is 1. The Morgan fingerprint density at radius 3 is 2.25 bits per heavy atom. The summed E-state index contributed by atoms with van der Waals surface area (Å²) in [5, 5.41) is 2.67. The van der Waals surface area contributed by atoms with E-state index in [0.29, 0.717) is 5.56 Å². The first kappa shape index (κ1) is 16.2. The average molecular weight is 278 g/mol. The number of amides is 1. The molecule has 0 aliphatic rings. The van der Waals surface area contributed by atoms with Gasteiger partial charge in [0.25, 0.3) is 0 Å². The molecule has 110 valence electrons. The van der Waals surface area contributed by atoms with Crippen LogP contribution < -0.4 is 11.1 Å². The molecule has 5 heteroatoms. The lowest BCUT2D eigenvalue weighted by atomic mass is 9.91. The first-order valence-electron chi connectivity index (χ1n) is 6.54. The van der Waals surface area contributed by atoms with E-state index in [2.05, 4.69) is 5.32 Å². The number of hydrogen-bond donors (Lipinski definition) is 2. The molecule has 0 aromatic heterocycles. The highest BCUT2D eigenvalue weighted by molar-refractivity contribution is 5.91. The van der Waals surface area contributed by atoms with E-state index in [4.69, 9.17) is 10.5 Å². The Balaban J connectivity index is 2.91. The molecule has 0 aliphatic carbocycles. The lowest BCUT2D eigenvalue weighted by molar-refractivity contribution is -0.147. The van der Waals surface area contributed by atoms with Gasteiger partial charge in [-0.1, -0.05) is 44.2 Å². The Kier molecular flexibility index (Phi) is 5.27. The summed E-state index contributed by atoms with van der Waals surface area (Å²) in [6, 6.07) is 8.33. The zero-order valence-corrected chi connectivity index (χ0v) is 12.3. The number of ether oxygens (including phenoxy) is 1. The molecule has 0 saturated carbocycles. The van der Waals surface area contributed by atoms with Crippen LogP contribution in [0, 0.1) is 5.92 Å². The van der Waals surface area contributed by atoms with E-state index in [0.717, 1.165) is 0 Å². The fourth-order valence-corrected chi connectivity index (χ4v) is 1.83. The molecule has 1 aromatic carbocycles. The summed E-state index contributed by atoms with van der Waals surface area (Å²) in [6.45, 7) is 5.28. The van der Waals surface area contributed by atoms with E-state index in [1.54, 1.807) is 19.1 Å². The molecular weight excluding hydrogens is 256 g/mol. The van der Waals surface area contributed by atoms with Gasteiger partial charge in [-0.25, -0.2) is 4.79 Å². The van der Waals surface area contributed by atoms with Crippen molar-refractivity contribution in [2.75, 3.05) is 7.11 Å². The van der Waals surface area contributed by atoms with E-state index >= 15 is 0 Å². The number of methoxy groups -OCH3 is 1. The maximum Gasteiger partial charge on any atom is 0.328 e. The summed E-state index contributed by atoms with van der Waals surface area (Å²) in [7, 11) is 1.29. The SMILES string of the molecule is COC(=O)C(NC(=O)C(C)(N)c1ccccc1)C(C)C. The van der Waals surface area contributed by atoms with Crippen molar-refractivity contribution in [2.45, 2.75) is 32.4 Å². The van der Waals surface area contributed by atoms with Crippen LogP contribution in [-0.2, 0) is 19.9 Å². The number of nitrogens with two attached hydrogens (primary N) is 1. The van der Waals surface area contributed by atoms with Gasteiger partial charge in [-0.15, -0.1) is 0 Å². The fraction of sp³-hybridized carbons (Fsp3) is 0.467. The third-order valence-electron chi connectivity index (χ3n) is 3.25. The molecule has 1 aromatic rings. The van der Waals surface area contributed by atoms with Crippen molar-refractivity contribution in [2.24, 2.45) is 11.7 Å². The lowest BCUT2D eigenvalue weighted by Crippen LogP contribution is -2.55. The Labute approximate surface area is 119 Å². The summed E-state index contributed by atoms with van der Waals surface area (Å²) in [6.07, 6.45) is 0. The quantitative estimate of drug-likeness (QED) is 0.792. The van der Waals surface area contributed by atoms with E-state index < -0.39 is 23.5 Å². The monoisotopic (exact) mass is 278 g/mol. The second-order valence-corrected chi connectivity index (χ2v) is 5.29. The van der Waals surface area contributed by atoms with Gasteiger partial charge in [0, 0.05) is 0 Å². The highest BCUT2D eigenvalue weighted by Gasteiger charge is 2.34. The maximum absolute atomic E-state index is 12.4. The average Bonchev–Trinajstić information content (AvgIpc) is 2.44. The Hall–Kier alpha value is -1.88. The molecular formula is C15H22N2O3. The predicted molar refractivity (Wildman–Crippen MR) is 76.8 cm³/mol. The van der Waals surface area contributed by atoms with Gasteiger partial charge in [-0.2, -0.15) is 0 Å². The van der Waals surface area contributed by atoms with E-state index in [1.165, 1.54) is 7.11 Å². The van der Waals surface area contributed by atoms with Gasteiger partial charge < -0.3 is 15.8 Å². The molecule has 0 aliphatic heterocycles. The Morgan fingerprint density at radius 1 is 1.25 bits per heavy atom. The van der Waals surface area contributed by atoms with Gasteiger partial charge in [0.2, 0.25) is 5.91 Å². The van der Waals surface area contributed by atoms with Crippen LogP contribution in [0.3, 0.4) is 0 Å². The van der Waals surface area contributed by atoms with Crippen LogP contribution in [0.4, 0.5) is 0 Å². The topological polar surface area (TPSA) is 81.4 Å². The van der Waals surface area contributed by atoms with Gasteiger partial charge in [0.05, 0.1) is 7.11 Å². The van der Waals surface area contributed by atoms with Crippen LogP contribution in [0.25, 0.3) is 0 Å². The Morgan fingerprint density at radius 2 is 1.80 bits per heavy atom. The number of hydrogen-bond acceptors (Lipinski definition) is 4. The highest BCUT2D eigenvalue weighted by atomic mass is 16.5. The molecule has 0 fully saturated rings. The van der Waals surface area contributed by atoms with Crippen molar-refractivity contribution in [3.63, 3.8) is 0 Å². The summed E-state index contributed by atoms with van der Waals surface area (Å²) in [4.78, 5) is 24.0. The normalized spacial score (nSPS) is 15.3. The molecule has 0 heterocycles. The van der Waals surface area contributed by atoms with Crippen molar-refractivity contribution in [3.8, 4) is 0 Å². The van der Waals surface area contributed by atoms with Gasteiger partial charge >= 0.3 is 5.97 Å². The molecule has 1 rings (SSSR count). The first-order chi connectivity index (χ1) is 9.30. The van der Waals surface area contributed by atoms with Crippen molar-refractivity contribution < 1.29 is 14.3 Å². The summed E-state index contributed by atoms with van der Waals surface area (Å²) < 4.78 is 4.70. The predicted octanol–water partition coefficient (Wildman–Crippen LogP) is 1.17. The molecule has 1 amide bonds. The van der Waals surface area contributed by atoms with Crippen LogP contribution in [-0.4, -0.2) is 25.0 Å². The molecule has 0 saturated heterocycles. The minimum Gasteiger partial charge on any atom is -0.467 e. The highest BCUT2D eigenvalue weighted by Crippen LogP contribution is 2.18. The number of carbonyl (C=O) groups is 2. The van der Waals surface area contributed by atoms with Gasteiger partial charge in [0.1, 0.15) is 11.6 Å². The smallest absolute Gasteiger partial charge is 0.328 e. The third-order valence-corrected chi connectivity index (χ3v) is 3.25. The number of benzene rings is 1. The third kappa shape index (κ3) is 3.57. The summed E-state index contributed by atoms with van der Waals surface area (Å²) >= 11 is 0. The number of carbonyl (C=O) groups excluding carboxylic acids is 2. The molecule has 2 unspecified atom stereocenters. The summed E-state index contributed by atoms with van der Waals surface area (Å²) in [5.74, 6) is -0.969. The van der Waals surface area contributed by atoms with Crippen LogP contribution in [0.15, 0.2) is 30.3 Å². The zero-order chi connectivity index (χ0) is 15.3. The van der Waals surface area contributed by atoms with Crippen molar-refractivity contribution in [1.29, 1.82) is 0 Å². The molecule has 5 nitrogen and oxygen atoms in total. The summed E-state index contributed by atoms with van der Waals surface area (Å²) in [5.41, 5.74) is 5.59. The second-order valence-electron chi connectivity index (χ2n) is 5.29. The standard InChI is InChI=1S/C15H22N2O3/c1-10(2)12(13(18)20-4)17-14(19)15(3,16)11-8-6-5-7-9-11/h5-10,12H,16H2,1-4H3,(H,17,19). The fourth-order valence-electron chi connectivity index (χ4n) is 1.83. The van der Waals surface area contributed by atoms with Crippen LogP contribution >= 0.6 is 0 Å².